The van der Waals surface area contributed by atoms with Crippen molar-refractivity contribution in [3.63, 3.8) is 0 Å². The first-order chi connectivity index (χ1) is 10.3. The Hall–Kier alpha value is -1.61. The lowest BCUT2D eigenvalue weighted by atomic mass is 10.1. The Kier molecular flexibility index (Phi) is 4.39. The Morgan fingerprint density at radius 1 is 1.10 bits per heavy atom. The molecule has 0 aliphatic carbocycles. The van der Waals surface area contributed by atoms with Gasteiger partial charge >= 0.3 is 0 Å². The zero-order valence-electron chi connectivity index (χ0n) is 12.5. The lowest BCUT2D eigenvalue weighted by Crippen LogP contribution is -2.40. The smallest absolute Gasteiger partial charge is 0.173 e. The van der Waals surface area contributed by atoms with E-state index >= 15 is 0 Å². The molecule has 2 aromatic rings. The van der Waals surface area contributed by atoms with E-state index in [4.69, 9.17) is 12.2 Å². The molecule has 3 heteroatoms. The molecule has 1 aliphatic heterocycles. The summed E-state index contributed by atoms with van der Waals surface area (Å²) in [6.45, 7) is 3.35. The molecule has 2 nitrogen and oxygen atoms in total. The molecule has 0 amide bonds. The van der Waals surface area contributed by atoms with Crippen LogP contribution in [0.3, 0.4) is 0 Å². The molecule has 110 valence electrons. The summed E-state index contributed by atoms with van der Waals surface area (Å²) in [5.41, 5.74) is 1.11. The molecular weight excluding hydrogens is 276 g/mol. The number of likely N-dealkylation sites (tertiary alicyclic amines) is 1. The minimum Gasteiger partial charge on any atom is -0.346 e. The number of nitrogens with one attached hydrogen (secondary N) is 1. The average molecular weight is 298 g/mol. The van der Waals surface area contributed by atoms with Crippen molar-refractivity contribution in [2.24, 2.45) is 0 Å². The summed E-state index contributed by atoms with van der Waals surface area (Å²) < 4.78 is 0. The molecule has 0 saturated carbocycles. The number of fused-ring (bicyclic) bond motifs is 1. The van der Waals surface area contributed by atoms with Crippen LogP contribution in [-0.4, -0.2) is 22.6 Å². The van der Waals surface area contributed by atoms with Crippen molar-refractivity contribution >= 4 is 33.8 Å². The first-order valence-electron chi connectivity index (χ1n) is 7.81. The molecular formula is C18H22N2S. The fraction of sp³-hybridized carbons (Fsp3) is 0.389. The Morgan fingerprint density at radius 2 is 1.90 bits per heavy atom. The predicted molar refractivity (Wildman–Crippen MR) is 94.8 cm³/mol. The highest BCUT2D eigenvalue weighted by Crippen LogP contribution is 2.24. The highest BCUT2D eigenvalue weighted by molar-refractivity contribution is 7.80. The zero-order chi connectivity index (χ0) is 14.7. The largest absolute Gasteiger partial charge is 0.346 e. The maximum atomic E-state index is 5.67. The molecule has 3 rings (SSSR count). The molecule has 1 aliphatic rings. The van der Waals surface area contributed by atoms with Gasteiger partial charge in [0.1, 0.15) is 0 Å². The summed E-state index contributed by atoms with van der Waals surface area (Å²) in [5.74, 6) is 0. The second-order valence-corrected chi connectivity index (χ2v) is 6.24. The van der Waals surface area contributed by atoms with Gasteiger partial charge in [0.25, 0.3) is 0 Å². The van der Waals surface area contributed by atoms with Crippen molar-refractivity contribution < 1.29 is 0 Å². The molecule has 21 heavy (non-hydrogen) atoms. The fourth-order valence-corrected chi connectivity index (χ4v) is 3.48. The normalized spacial score (nSPS) is 19.3. The van der Waals surface area contributed by atoms with Crippen molar-refractivity contribution in [1.29, 1.82) is 0 Å². The SMILES string of the molecule is CC1CCCCCN1C(=S)Nc1cccc2ccccc12. The van der Waals surface area contributed by atoms with E-state index in [2.05, 4.69) is 59.6 Å². The monoisotopic (exact) mass is 298 g/mol. The highest BCUT2D eigenvalue weighted by Gasteiger charge is 2.19. The molecule has 0 bridgehead atoms. The summed E-state index contributed by atoms with van der Waals surface area (Å²) in [4.78, 5) is 2.35. The molecule has 1 N–H and O–H groups in total. The molecule has 0 aromatic heterocycles. The van der Waals surface area contributed by atoms with Crippen molar-refractivity contribution in [1.82, 2.24) is 4.90 Å². The average Bonchev–Trinajstić information content (AvgIpc) is 2.72. The zero-order valence-corrected chi connectivity index (χ0v) is 13.3. The van der Waals surface area contributed by atoms with Gasteiger partial charge in [0.2, 0.25) is 0 Å². The van der Waals surface area contributed by atoms with Gasteiger partial charge in [-0.2, -0.15) is 0 Å². The number of hydrogen-bond donors (Lipinski definition) is 1. The molecule has 0 radical (unpaired) electrons. The van der Waals surface area contributed by atoms with Gasteiger partial charge in [0, 0.05) is 23.7 Å². The Morgan fingerprint density at radius 3 is 2.81 bits per heavy atom. The van der Waals surface area contributed by atoms with Crippen LogP contribution < -0.4 is 5.32 Å². The van der Waals surface area contributed by atoms with E-state index in [1.165, 1.54) is 36.5 Å². The van der Waals surface area contributed by atoms with Crippen LogP contribution in [0.5, 0.6) is 0 Å². The van der Waals surface area contributed by atoms with Crippen LogP contribution in [0.25, 0.3) is 10.8 Å². The summed E-state index contributed by atoms with van der Waals surface area (Å²) >= 11 is 5.67. The third-order valence-electron chi connectivity index (χ3n) is 4.35. The first kappa shape index (κ1) is 14.3. The second-order valence-electron chi connectivity index (χ2n) is 5.85. The Balaban J connectivity index is 1.82. The van der Waals surface area contributed by atoms with E-state index in [0.717, 1.165) is 17.3 Å². The van der Waals surface area contributed by atoms with Crippen LogP contribution >= 0.6 is 12.2 Å². The van der Waals surface area contributed by atoms with Gasteiger partial charge in [-0.15, -0.1) is 0 Å². The predicted octanol–water partition coefficient (Wildman–Crippen LogP) is 4.80. The van der Waals surface area contributed by atoms with Crippen molar-refractivity contribution in [2.45, 2.75) is 38.6 Å². The van der Waals surface area contributed by atoms with E-state index in [1.807, 2.05) is 0 Å². The van der Waals surface area contributed by atoms with Crippen LogP contribution in [0, 0.1) is 0 Å². The van der Waals surface area contributed by atoms with Crippen LogP contribution in [-0.2, 0) is 0 Å². The molecule has 0 spiro atoms. The van der Waals surface area contributed by atoms with Gasteiger partial charge in [0.05, 0.1) is 0 Å². The van der Waals surface area contributed by atoms with E-state index in [1.54, 1.807) is 0 Å². The number of hydrogen-bond acceptors (Lipinski definition) is 1. The van der Waals surface area contributed by atoms with Crippen LogP contribution in [0.2, 0.25) is 0 Å². The lowest BCUT2D eigenvalue weighted by molar-refractivity contribution is 0.341. The summed E-state index contributed by atoms with van der Waals surface area (Å²) in [6.07, 6.45) is 5.10. The van der Waals surface area contributed by atoms with Gasteiger partial charge in [-0.25, -0.2) is 0 Å². The third kappa shape index (κ3) is 3.18. The van der Waals surface area contributed by atoms with Gasteiger partial charge < -0.3 is 10.2 Å². The quantitative estimate of drug-likeness (QED) is 0.761. The first-order valence-corrected chi connectivity index (χ1v) is 8.22. The van der Waals surface area contributed by atoms with E-state index in [-0.39, 0.29) is 0 Å². The molecule has 1 fully saturated rings. The fourth-order valence-electron chi connectivity index (χ4n) is 3.10. The molecule has 1 saturated heterocycles. The topological polar surface area (TPSA) is 15.3 Å². The number of anilines is 1. The number of thiocarbonyl (C=S) groups is 1. The number of benzene rings is 2. The van der Waals surface area contributed by atoms with Crippen molar-refractivity contribution in [3.05, 3.63) is 42.5 Å². The van der Waals surface area contributed by atoms with Gasteiger partial charge in [-0.3, -0.25) is 0 Å². The van der Waals surface area contributed by atoms with Crippen LogP contribution in [0.1, 0.15) is 32.6 Å². The minimum absolute atomic E-state index is 0.530. The van der Waals surface area contributed by atoms with E-state index in [0.29, 0.717) is 6.04 Å². The highest BCUT2D eigenvalue weighted by atomic mass is 32.1. The standard InChI is InChI=1S/C18H22N2S/c1-14-8-3-2-6-13-20(14)18(21)19-17-12-7-10-15-9-4-5-11-16(15)17/h4-5,7,9-12,14H,2-3,6,8,13H2,1H3,(H,19,21). The Bertz CT molecular complexity index is 633. The molecule has 2 aromatic carbocycles. The minimum atomic E-state index is 0.530. The van der Waals surface area contributed by atoms with Crippen LogP contribution in [0.4, 0.5) is 5.69 Å². The Labute approximate surface area is 132 Å². The summed E-state index contributed by atoms with van der Waals surface area (Å²) in [5, 5.41) is 6.80. The van der Waals surface area contributed by atoms with Crippen LogP contribution in [0.15, 0.2) is 42.5 Å². The summed E-state index contributed by atoms with van der Waals surface area (Å²) in [6, 6.07) is 15.3. The number of nitrogens with zero attached hydrogens (tertiary/aromatic N) is 1. The van der Waals surface area contributed by atoms with Gasteiger partial charge in [0.15, 0.2) is 5.11 Å². The van der Waals surface area contributed by atoms with E-state index in [9.17, 15) is 0 Å². The lowest BCUT2D eigenvalue weighted by Gasteiger charge is -2.30. The molecule has 1 heterocycles. The maximum Gasteiger partial charge on any atom is 0.173 e. The third-order valence-corrected chi connectivity index (χ3v) is 4.68. The molecule has 1 unspecified atom stereocenters. The van der Waals surface area contributed by atoms with Gasteiger partial charge in [-0.05, 0) is 43.4 Å². The van der Waals surface area contributed by atoms with Gasteiger partial charge in [-0.1, -0.05) is 49.2 Å². The number of rotatable bonds is 1. The molecule has 1 atom stereocenters. The van der Waals surface area contributed by atoms with Crippen molar-refractivity contribution in [3.8, 4) is 0 Å². The second kappa shape index (κ2) is 6.44. The van der Waals surface area contributed by atoms with Crippen molar-refractivity contribution in [2.75, 3.05) is 11.9 Å². The van der Waals surface area contributed by atoms with E-state index < -0.39 is 0 Å². The maximum absolute atomic E-state index is 5.67. The summed E-state index contributed by atoms with van der Waals surface area (Å²) in [7, 11) is 0.